The first kappa shape index (κ1) is 11.7. The first-order valence-electron chi connectivity index (χ1n) is 5.16. The van der Waals surface area contributed by atoms with E-state index in [9.17, 15) is 4.79 Å². The fourth-order valence-corrected chi connectivity index (χ4v) is 1.19. The number of nitrogens with one attached hydrogen (secondary N) is 1. The lowest BCUT2D eigenvalue weighted by Gasteiger charge is -2.09. The van der Waals surface area contributed by atoms with Gasteiger partial charge in [0.1, 0.15) is 0 Å². The molecule has 1 atom stereocenters. The maximum absolute atomic E-state index is 11.3. The Morgan fingerprint density at radius 3 is 3.07 bits per heavy atom. The van der Waals surface area contributed by atoms with Crippen molar-refractivity contribution < 1.29 is 4.79 Å². The molecule has 0 aliphatic rings. The van der Waals surface area contributed by atoms with Crippen molar-refractivity contribution in [3.63, 3.8) is 0 Å². The molecular formula is C11H17N3O. The molecule has 1 aromatic heterocycles. The molecule has 0 saturated carbocycles. The molecule has 1 heterocycles. The van der Waals surface area contributed by atoms with E-state index in [1.54, 1.807) is 12.4 Å². The lowest BCUT2D eigenvalue weighted by atomic mass is 10.2. The van der Waals surface area contributed by atoms with Gasteiger partial charge in [-0.2, -0.15) is 0 Å². The first-order valence-corrected chi connectivity index (χ1v) is 5.16. The van der Waals surface area contributed by atoms with Gasteiger partial charge in [0.05, 0.1) is 6.04 Å². The number of aromatic nitrogens is 1. The molecule has 0 aliphatic carbocycles. The van der Waals surface area contributed by atoms with Crippen molar-refractivity contribution in [1.82, 2.24) is 10.3 Å². The van der Waals surface area contributed by atoms with Crippen molar-refractivity contribution in [1.29, 1.82) is 0 Å². The van der Waals surface area contributed by atoms with Crippen molar-refractivity contribution in [2.45, 2.75) is 25.8 Å². The number of nitrogens with two attached hydrogens (primary N) is 1. The van der Waals surface area contributed by atoms with E-state index >= 15 is 0 Å². The molecule has 1 rings (SSSR count). The highest BCUT2D eigenvalue weighted by molar-refractivity contribution is 5.81. The van der Waals surface area contributed by atoms with Crippen LogP contribution in [0.2, 0.25) is 0 Å². The third-order valence-electron chi connectivity index (χ3n) is 2.21. The van der Waals surface area contributed by atoms with Gasteiger partial charge in [0, 0.05) is 18.9 Å². The zero-order valence-electron chi connectivity index (χ0n) is 8.94. The SMILES string of the molecule is CCC(N)C(=O)NCCc1cccnc1. The van der Waals surface area contributed by atoms with Crippen LogP contribution in [0.3, 0.4) is 0 Å². The van der Waals surface area contributed by atoms with Crippen molar-refractivity contribution in [3.8, 4) is 0 Å². The van der Waals surface area contributed by atoms with Crippen molar-refractivity contribution in [2.24, 2.45) is 5.73 Å². The van der Waals surface area contributed by atoms with E-state index in [0.717, 1.165) is 12.0 Å². The number of pyridine rings is 1. The Bertz CT molecular complexity index is 300. The van der Waals surface area contributed by atoms with Crippen LogP contribution in [-0.4, -0.2) is 23.5 Å². The largest absolute Gasteiger partial charge is 0.354 e. The van der Waals surface area contributed by atoms with Gasteiger partial charge in [-0.1, -0.05) is 13.0 Å². The molecule has 0 aliphatic heterocycles. The zero-order chi connectivity index (χ0) is 11.1. The van der Waals surface area contributed by atoms with Gasteiger partial charge in [0.2, 0.25) is 5.91 Å². The van der Waals surface area contributed by atoms with E-state index in [2.05, 4.69) is 10.3 Å². The lowest BCUT2D eigenvalue weighted by Crippen LogP contribution is -2.40. The minimum Gasteiger partial charge on any atom is -0.354 e. The highest BCUT2D eigenvalue weighted by Crippen LogP contribution is 1.95. The maximum Gasteiger partial charge on any atom is 0.236 e. The smallest absolute Gasteiger partial charge is 0.236 e. The van der Waals surface area contributed by atoms with Gasteiger partial charge in [0.25, 0.3) is 0 Å². The van der Waals surface area contributed by atoms with E-state index in [1.165, 1.54) is 0 Å². The topological polar surface area (TPSA) is 68.0 Å². The van der Waals surface area contributed by atoms with Crippen molar-refractivity contribution in [2.75, 3.05) is 6.54 Å². The normalized spacial score (nSPS) is 12.1. The Kier molecular flexibility index (Phi) is 4.77. The summed E-state index contributed by atoms with van der Waals surface area (Å²) in [6.45, 7) is 2.50. The number of hydrogen-bond donors (Lipinski definition) is 2. The number of carbonyl (C=O) groups is 1. The molecule has 1 unspecified atom stereocenters. The monoisotopic (exact) mass is 207 g/mol. The van der Waals surface area contributed by atoms with Crippen LogP contribution in [0.15, 0.2) is 24.5 Å². The van der Waals surface area contributed by atoms with E-state index in [1.807, 2.05) is 19.1 Å². The molecule has 0 saturated heterocycles. The zero-order valence-corrected chi connectivity index (χ0v) is 8.94. The molecule has 0 spiro atoms. The summed E-state index contributed by atoms with van der Waals surface area (Å²) in [6, 6.07) is 3.48. The second kappa shape index (κ2) is 6.14. The molecule has 0 bridgehead atoms. The van der Waals surface area contributed by atoms with Crippen LogP contribution in [0.4, 0.5) is 0 Å². The minimum absolute atomic E-state index is 0.0820. The Morgan fingerprint density at radius 1 is 1.67 bits per heavy atom. The molecule has 82 valence electrons. The van der Waals surface area contributed by atoms with E-state index in [0.29, 0.717) is 13.0 Å². The second-order valence-corrected chi connectivity index (χ2v) is 3.42. The highest BCUT2D eigenvalue weighted by Gasteiger charge is 2.09. The fourth-order valence-electron chi connectivity index (χ4n) is 1.19. The van der Waals surface area contributed by atoms with Gasteiger partial charge in [0.15, 0.2) is 0 Å². The minimum atomic E-state index is -0.390. The first-order chi connectivity index (χ1) is 7.24. The predicted molar refractivity (Wildman–Crippen MR) is 59.2 cm³/mol. The van der Waals surface area contributed by atoms with Gasteiger partial charge < -0.3 is 11.1 Å². The van der Waals surface area contributed by atoms with Crippen LogP contribution in [0, 0.1) is 0 Å². The standard InChI is InChI=1S/C11H17N3O/c1-2-10(12)11(15)14-7-5-9-4-3-6-13-8-9/h3-4,6,8,10H,2,5,7,12H2,1H3,(H,14,15). The molecule has 1 amide bonds. The Morgan fingerprint density at radius 2 is 2.47 bits per heavy atom. The van der Waals surface area contributed by atoms with Crippen LogP contribution in [0.1, 0.15) is 18.9 Å². The molecule has 0 aromatic carbocycles. The van der Waals surface area contributed by atoms with E-state index in [4.69, 9.17) is 5.73 Å². The number of carbonyl (C=O) groups excluding carboxylic acids is 1. The third-order valence-corrected chi connectivity index (χ3v) is 2.21. The maximum atomic E-state index is 11.3. The van der Waals surface area contributed by atoms with Gasteiger partial charge in [-0.25, -0.2) is 0 Å². The molecular weight excluding hydrogens is 190 g/mol. The van der Waals surface area contributed by atoms with Crippen LogP contribution >= 0.6 is 0 Å². The Balaban J connectivity index is 2.25. The highest BCUT2D eigenvalue weighted by atomic mass is 16.2. The average molecular weight is 207 g/mol. The van der Waals surface area contributed by atoms with Gasteiger partial charge in [-0.3, -0.25) is 9.78 Å². The lowest BCUT2D eigenvalue weighted by molar-refractivity contribution is -0.122. The number of rotatable bonds is 5. The molecule has 1 aromatic rings. The molecule has 4 heteroatoms. The van der Waals surface area contributed by atoms with Crippen molar-refractivity contribution in [3.05, 3.63) is 30.1 Å². The summed E-state index contributed by atoms with van der Waals surface area (Å²) >= 11 is 0. The van der Waals surface area contributed by atoms with Gasteiger partial charge >= 0.3 is 0 Å². The van der Waals surface area contributed by atoms with Crippen LogP contribution in [-0.2, 0) is 11.2 Å². The van der Waals surface area contributed by atoms with E-state index < -0.39 is 0 Å². The Hall–Kier alpha value is -1.42. The van der Waals surface area contributed by atoms with Gasteiger partial charge in [-0.15, -0.1) is 0 Å². The summed E-state index contributed by atoms with van der Waals surface area (Å²) in [5.74, 6) is -0.0820. The van der Waals surface area contributed by atoms with Crippen LogP contribution < -0.4 is 11.1 Å². The number of amides is 1. The van der Waals surface area contributed by atoms with E-state index in [-0.39, 0.29) is 11.9 Å². The van der Waals surface area contributed by atoms with Gasteiger partial charge in [-0.05, 0) is 24.5 Å². The molecule has 0 fully saturated rings. The third kappa shape index (κ3) is 4.08. The van der Waals surface area contributed by atoms with Crippen LogP contribution in [0.5, 0.6) is 0 Å². The quantitative estimate of drug-likeness (QED) is 0.737. The molecule has 15 heavy (non-hydrogen) atoms. The number of nitrogens with zero attached hydrogens (tertiary/aromatic N) is 1. The summed E-state index contributed by atoms with van der Waals surface area (Å²) in [4.78, 5) is 15.3. The summed E-state index contributed by atoms with van der Waals surface area (Å²) in [6.07, 6.45) is 4.98. The van der Waals surface area contributed by atoms with Crippen LogP contribution in [0.25, 0.3) is 0 Å². The summed E-state index contributed by atoms with van der Waals surface area (Å²) in [5, 5.41) is 2.79. The summed E-state index contributed by atoms with van der Waals surface area (Å²) in [5.41, 5.74) is 6.69. The summed E-state index contributed by atoms with van der Waals surface area (Å²) in [7, 11) is 0. The Labute approximate surface area is 89.9 Å². The molecule has 0 radical (unpaired) electrons. The summed E-state index contributed by atoms with van der Waals surface area (Å²) < 4.78 is 0. The molecule has 4 nitrogen and oxygen atoms in total. The van der Waals surface area contributed by atoms with Crippen molar-refractivity contribution >= 4 is 5.91 Å². The number of hydrogen-bond acceptors (Lipinski definition) is 3. The predicted octanol–water partition coefficient (Wildman–Crippen LogP) is 0.478. The average Bonchev–Trinajstić information content (AvgIpc) is 2.29. The second-order valence-electron chi connectivity index (χ2n) is 3.42. The molecule has 3 N–H and O–H groups in total. The fraction of sp³-hybridized carbons (Fsp3) is 0.455.